The van der Waals surface area contributed by atoms with Gasteiger partial charge in [0.15, 0.2) is 12.1 Å². The Morgan fingerprint density at radius 1 is 1.04 bits per heavy atom. The first-order valence-corrected chi connectivity index (χ1v) is 9.08. The van der Waals surface area contributed by atoms with Crippen molar-refractivity contribution >= 4 is 29.1 Å². The molecule has 142 valence electrons. The summed E-state index contributed by atoms with van der Waals surface area (Å²) >= 11 is 0. The first-order valence-electron chi connectivity index (χ1n) is 9.08. The molecular weight excluding hydrogens is 358 g/mol. The van der Waals surface area contributed by atoms with Crippen molar-refractivity contribution in [3.8, 4) is 0 Å². The molecule has 28 heavy (non-hydrogen) atoms. The fourth-order valence-corrected chi connectivity index (χ4v) is 3.47. The molecule has 1 saturated heterocycles. The number of fused-ring (bicyclic) bond motifs is 1. The summed E-state index contributed by atoms with van der Waals surface area (Å²) in [7, 11) is 0. The zero-order valence-corrected chi connectivity index (χ0v) is 15.3. The van der Waals surface area contributed by atoms with Crippen LogP contribution in [0.25, 0.3) is 0 Å². The first kappa shape index (κ1) is 17.8. The molecule has 3 amide bonds. The van der Waals surface area contributed by atoms with Gasteiger partial charge in [0.05, 0.1) is 5.69 Å². The Labute approximate surface area is 161 Å². The molecule has 0 radical (unpaired) electrons. The van der Waals surface area contributed by atoms with E-state index in [0.29, 0.717) is 5.69 Å². The van der Waals surface area contributed by atoms with E-state index in [1.165, 1.54) is 5.01 Å². The largest absolute Gasteiger partial charge is 0.324 e. The third-order valence-electron chi connectivity index (χ3n) is 4.85. The molecule has 8 heteroatoms. The van der Waals surface area contributed by atoms with Gasteiger partial charge in [-0.2, -0.15) is 5.11 Å². The number of amides is 3. The van der Waals surface area contributed by atoms with E-state index in [1.807, 2.05) is 31.2 Å². The lowest BCUT2D eigenvalue weighted by atomic mass is 10.1. The van der Waals surface area contributed by atoms with Crippen LogP contribution in [0.4, 0.5) is 11.4 Å². The van der Waals surface area contributed by atoms with E-state index in [2.05, 4.69) is 15.7 Å². The number of hydrogen-bond acceptors (Lipinski definition) is 6. The molecule has 2 unspecified atom stereocenters. The van der Waals surface area contributed by atoms with Crippen LogP contribution in [0, 0.1) is 0 Å². The minimum atomic E-state index is -0.913. The second-order valence-electron chi connectivity index (χ2n) is 6.60. The van der Waals surface area contributed by atoms with Crippen LogP contribution in [0.5, 0.6) is 0 Å². The number of anilines is 2. The molecule has 1 fully saturated rings. The number of carbonyl (C=O) groups is 3. The van der Waals surface area contributed by atoms with E-state index in [1.54, 1.807) is 30.3 Å². The third kappa shape index (κ3) is 3.02. The van der Waals surface area contributed by atoms with E-state index in [-0.39, 0.29) is 12.5 Å². The molecule has 0 spiro atoms. The lowest BCUT2D eigenvalue weighted by Gasteiger charge is -2.20. The Morgan fingerprint density at radius 2 is 1.75 bits per heavy atom. The number of benzene rings is 2. The van der Waals surface area contributed by atoms with Gasteiger partial charge in [-0.15, -0.1) is 0 Å². The molecule has 0 aromatic heterocycles. The van der Waals surface area contributed by atoms with Crippen LogP contribution in [-0.4, -0.2) is 41.4 Å². The monoisotopic (exact) mass is 377 g/mol. The Balaban J connectivity index is 1.49. The molecule has 2 aliphatic rings. The van der Waals surface area contributed by atoms with Crippen molar-refractivity contribution in [3.63, 3.8) is 0 Å². The van der Waals surface area contributed by atoms with Gasteiger partial charge >= 0.3 is 0 Å². The van der Waals surface area contributed by atoms with Crippen molar-refractivity contribution in [1.29, 1.82) is 0 Å². The highest BCUT2D eigenvalue weighted by atomic mass is 16.2. The predicted molar refractivity (Wildman–Crippen MR) is 103 cm³/mol. The topological polar surface area (TPSA) is 94.4 Å². The van der Waals surface area contributed by atoms with Gasteiger partial charge in [-0.05, 0) is 30.2 Å². The molecular formula is C20H19N5O3. The van der Waals surface area contributed by atoms with Crippen LogP contribution in [0.15, 0.2) is 64.9 Å². The van der Waals surface area contributed by atoms with Gasteiger partial charge in [-0.25, -0.2) is 4.90 Å². The number of carbonyl (C=O) groups excluding carboxylic acids is 3. The predicted octanol–water partition coefficient (Wildman–Crippen LogP) is 2.18. The highest BCUT2D eigenvalue weighted by Gasteiger charge is 2.55. The fraction of sp³-hybridized carbons (Fsp3) is 0.250. The average Bonchev–Trinajstić information content (AvgIpc) is 3.22. The molecule has 2 aromatic rings. The average molecular weight is 377 g/mol. The highest BCUT2D eigenvalue weighted by molar-refractivity contribution is 6.25. The molecule has 8 nitrogen and oxygen atoms in total. The molecule has 1 N–H and O–H groups in total. The summed E-state index contributed by atoms with van der Waals surface area (Å²) in [6.45, 7) is 1.84. The smallest absolute Gasteiger partial charge is 0.263 e. The van der Waals surface area contributed by atoms with Crippen molar-refractivity contribution in [2.24, 2.45) is 10.3 Å². The standard InChI is InChI=1S/C20H19N5O3/c1-2-13-8-6-7-11-15(13)21-16(26)12-24-18-17(22-23-24)19(27)25(20(18)28)14-9-4-3-5-10-14/h3-11,17-18H,2,12H2,1H3,(H,21,26). The summed E-state index contributed by atoms with van der Waals surface area (Å²) < 4.78 is 0. The summed E-state index contributed by atoms with van der Waals surface area (Å²) in [5, 5.41) is 12.0. The van der Waals surface area contributed by atoms with Crippen LogP contribution in [0.2, 0.25) is 0 Å². The van der Waals surface area contributed by atoms with E-state index in [4.69, 9.17) is 0 Å². The Morgan fingerprint density at radius 3 is 2.50 bits per heavy atom. The number of rotatable bonds is 5. The number of para-hydroxylation sites is 2. The van der Waals surface area contributed by atoms with Crippen LogP contribution in [0.3, 0.4) is 0 Å². The lowest BCUT2D eigenvalue weighted by Crippen LogP contribution is -2.43. The fourth-order valence-electron chi connectivity index (χ4n) is 3.47. The van der Waals surface area contributed by atoms with E-state index >= 15 is 0 Å². The normalized spacial score (nSPS) is 20.6. The highest BCUT2D eigenvalue weighted by Crippen LogP contribution is 2.31. The van der Waals surface area contributed by atoms with Crippen LogP contribution in [0.1, 0.15) is 12.5 Å². The maximum Gasteiger partial charge on any atom is 0.263 e. The van der Waals surface area contributed by atoms with Gasteiger partial charge in [-0.3, -0.25) is 19.4 Å². The summed E-state index contributed by atoms with van der Waals surface area (Å²) in [4.78, 5) is 39.1. The number of nitrogens with one attached hydrogen (secondary N) is 1. The Bertz CT molecular complexity index is 959. The van der Waals surface area contributed by atoms with Crippen LogP contribution >= 0.6 is 0 Å². The molecule has 2 heterocycles. The second kappa shape index (κ2) is 7.22. The number of hydrogen-bond donors (Lipinski definition) is 1. The minimum Gasteiger partial charge on any atom is -0.324 e. The van der Waals surface area contributed by atoms with Crippen molar-refractivity contribution in [2.45, 2.75) is 25.4 Å². The van der Waals surface area contributed by atoms with Gasteiger partial charge < -0.3 is 5.32 Å². The number of imide groups is 1. The molecule has 0 bridgehead atoms. The van der Waals surface area contributed by atoms with Gasteiger partial charge in [0.1, 0.15) is 6.54 Å². The lowest BCUT2D eigenvalue weighted by molar-refractivity contribution is -0.123. The summed E-state index contributed by atoms with van der Waals surface area (Å²) in [5.74, 6) is -1.17. The van der Waals surface area contributed by atoms with E-state index in [9.17, 15) is 14.4 Å². The first-order chi connectivity index (χ1) is 13.6. The van der Waals surface area contributed by atoms with Crippen molar-refractivity contribution in [3.05, 3.63) is 60.2 Å². The SMILES string of the molecule is CCc1ccccc1NC(=O)CN1N=NC2C(=O)N(c3ccccc3)C(=O)C21. The minimum absolute atomic E-state index is 0.162. The third-order valence-corrected chi connectivity index (χ3v) is 4.85. The van der Waals surface area contributed by atoms with Gasteiger partial charge in [-0.1, -0.05) is 48.5 Å². The zero-order valence-electron chi connectivity index (χ0n) is 15.3. The molecule has 2 aromatic carbocycles. The van der Waals surface area contributed by atoms with Gasteiger partial charge in [0.25, 0.3) is 11.8 Å². The maximum atomic E-state index is 12.9. The molecule has 0 aliphatic carbocycles. The number of nitrogens with zero attached hydrogens (tertiary/aromatic N) is 4. The Hall–Kier alpha value is -3.55. The van der Waals surface area contributed by atoms with Crippen molar-refractivity contribution in [1.82, 2.24) is 5.01 Å². The molecule has 2 aliphatic heterocycles. The summed E-state index contributed by atoms with van der Waals surface area (Å²) in [5.41, 5.74) is 2.23. The van der Waals surface area contributed by atoms with Crippen LogP contribution in [-0.2, 0) is 20.8 Å². The number of aryl methyl sites for hydroxylation is 1. The Kier molecular flexibility index (Phi) is 4.60. The van der Waals surface area contributed by atoms with Gasteiger partial charge in [0, 0.05) is 5.69 Å². The maximum absolute atomic E-state index is 12.9. The van der Waals surface area contributed by atoms with Crippen molar-refractivity contribution < 1.29 is 14.4 Å². The van der Waals surface area contributed by atoms with Gasteiger partial charge in [0.2, 0.25) is 5.91 Å². The molecule has 0 saturated carbocycles. The molecule has 2 atom stereocenters. The molecule has 4 rings (SSSR count). The quantitative estimate of drug-likeness (QED) is 0.808. The van der Waals surface area contributed by atoms with E-state index in [0.717, 1.165) is 22.6 Å². The van der Waals surface area contributed by atoms with E-state index < -0.39 is 23.9 Å². The zero-order chi connectivity index (χ0) is 19.7. The van der Waals surface area contributed by atoms with Crippen molar-refractivity contribution in [2.75, 3.05) is 16.8 Å². The second-order valence-corrected chi connectivity index (χ2v) is 6.60. The van der Waals surface area contributed by atoms with Crippen LogP contribution < -0.4 is 10.2 Å². The summed E-state index contributed by atoms with van der Waals surface area (Å²) in [6.07, 6.45) is 0.781. The summed E-state index contributed by atoms with van der Waals surface area (Å²) in [6, 6.07) is 14.4.